The van der Waals surface area contributed by atoms with Gasteiger partial charge in [-0.15, -0.1) is 0 Å². The molecule has 1 aromatic heterocycles. The maximum atomic E-state index is 10.7. The van der Waals surface area contributed by atoms with Crippen LogP contribution >= 0.6 is 0 Å². The van der Waals surface area contributed by atoms with Crippen LogP contribution in [0.1, 0.15) is 18.7 Å². The van der Waals surface area contributed by atoms with Crippen molar-refractivity contribution in [1.29, 1.82) is 0 Å². The largest absolute Gasteiger partial charge is 0.340 e. The Morgan fingerprint density at radius 3 is 2.73 bits per heavy atom. The lowest BCUT2D eigenvalue weighted by Gasteiger charge is -2.05. The molecular weight excluding hydrogens is 144 g/mol. The first-order valence-electron chi connectivity index (χ1n) is 3.62. The average molecular weight is 154 g/mol. The summed E-state index contributed by atoms with van der Waals surface area (Å²) in [6.45, 7) is 0.563. The fourth-order valence-corrected chi connectivity index (χ4v) is 1.21. The number of nitrogens with one attached hydrogen (secondary N) is 2. The lowest BCUT2D eigenvalue weighted by molar-refractivity contribution is 0.652. The third-order valence-corrected chi connectivity index (χ3v) is 2.25. The summed E-state index contributed by atoms with van der Waals surface area (Å²) in [5.41, 5.74) is 5.27. The van der Waals surface area contributed by atoms with E-state index < -0.39 is 0 Å². The Balaban J connectivity index is 2.36. The fraction of sp³-hybridized carbons (Fsp3) is 0.667. The number of hydrogen-bond donors (Lipinski definition) is 3. The summed E-state index contributed by atoms with van der Waals surface area (Å²) in [7, 11) is 0. The van der Waals surface area contributed by atoms with Gasteiger partial charge in [0, 0.05) is 12.0 Å². The van der Waals surface area contributed by atoms with E-state index in [1.807, 2.05) is 0 Å². The molecule has 0 radical (unpaired) electrons. The molecule has 0 spiro atoms. The normalized spacial score (nSPS) is 20.1. The topological polar surface area (TPSA) is 87.6 Å². The SMILES string of the molecule is NCC1(c2n[nH]c(=O)[nH]2)CC1. The van der Waals surface area contributed by atoms with Crippen LogP contribution in [-0.4, -0.2) is 21.7 Å². The molecule has 11 heavy (non-hydrogen) atoms. The molecule has 0 unspecified atom stereocenters. The molecule has 0 atom stereocenters. The third kappa shape index (κ3) is 0.883. The molecule has 0 amide bonds. The maximum Gasteiger partial charge on any atom is 0.340 e. The minimum Gasteiger partial charge on any atom is -0.329 e. The maximum absolute atomic E-state index is 10.7. The third-order valence-electron chi connectivity index (χ3n) is 2.25. The number of nitrogens with zero attached hydrogens (tertiary/aromatic N) is 1. The molecule has 1 saturated carbocycles. The van der Waals surface area contributed by atoms with Gasteiger partial charge in [0.15, 0.2) is 0 Å². The minimum atomic E-state index is -0.250. The highest BCUT2D eigenvalue weighted by atomic mass is 16.1. The molecule has 0 aliphatic heterocycles. The fourth-order valence-electron chi connectivity index (χ4n) is 1.21. The van der Waals surface area contributed by atoms with Crippen LogP contribution < -0.4 is 11.4 Å². The number of aromatic amines is 2. The average Bonchev–Trinajstić information content (AvgIpc) is 2.70. The molecule has 0 bridgehead atoms. The van der Waals surface area contributed by atoms with Crippen LogP contribution in [0.2, 0.25) is 0 Å². The van der Waals surface area contributed by atoms with E-state index in [0.717, 1.165) is 12.8 Å². The lowest BCUT2D eigenvalue weighted by Crippen LogP contribution is -2.21. The summed E-state index contributed by atoms with van der Waals surface area (Å²) >= 11 is 0. The van der Waals surface area contributed by atoms with Gasteiger partial charge in [0.1, 0.15) is 5.82 Å². The van der Waals surface area contributed by atoms with Crippen molar-refractivity contribution in [3.63, 3.8) is 0 Å². The zero-order valence-corrected chi connectivity index (χ0v) is 6.05. The summed E-state index contributed by atoms with van der Waals surface area (Å²) in [4.78, 5) is 13.3. The zero-order valence-electron chi connectivity index (χ0n) is 6.05. The molecule has 1 fully saturated rings. The van der Waals surface area contributed by atoms with Crippen molar-refractivity contribution in [2.24, 2.45) is 5.73 Å². The molecule has 5 heteroatoms. The highest BCUT2D eigenvalue weighted by Gasteiger charge is 2.45. The van der Waals surface area contributed by atoms with E-state index in [1.165, 1.54) is 0 Å². The van der Waals surface area contributed by atoms with Crippen molar-refractivity contribution < 1.29 is 0 Å². The summed E-state index contributed by atoms with van der Waals surface area (Å²) in [5.74, 6) is 0.713. The predicted octanol–water partition coefficient (Wildman–Crippen LogP) is -0.912. The van der Waals surface area contributed by atoms with Gasteiger partial charge in [-0.25, -0.2) is 9.89 Å². The molecule has 1 aromatic rings. The predicted molar refractivity (Wildman–Crippen MR) is 39.2 cm³/mol. The second kappa shape index (κ2) is 1.94. The van der Waals surface area contributed by atoms with Crippen molar-refractivity contribution >= 4 is 0 Å². The Bertz CT molecular complexity index is 308. The number of nitrogens with two attached hydrogens (primary N) is 1. The van der Waals surface area contributed by atoms with Crippen LogP contribution in [0.3, 0.4) is 0 Å². The zero-order chi connectivity index (χ0) is 7.90. The second-order valence-corrected chi connectivity index (χ2v) is 3.01. The number of aromatic nitrogens is 3. The van der Waals surface area contributed by atoms with Gasteiger partial charge >= 0.3 is 5.69 Å². The van der Waals surface area contributed by atoms with E-state index in [9.17, 15) is 4.79 Å². The molecule has 0 aromatic carbocycles. The van der Waals surface area contributed by atoms with Gasteiger partial charge in [-0.2, -0.15) is 5.10 Å². The molecule has 1 aliphatic rings. The second-order valence-electron chi connectivity index (χ2n) is 3.01. The molecular formula is C6H10N4O. The lowest BCUT2D eigenvalue weighted by atomic mass is 10.1. The Morgan fingerprint density at radius 1 is 1.64 bits per heavy atom. The van der Waals surface area contributed by atoms with Crippen LogP contribution in [-0.2, 0) is 5.41 Å². The van der Waals surface area contributed by atoms with Gasteiger partial charge in [-0.3, -0.25) is 4.98 Å². The smallest absolute Gasteiger partial charge is 0.329 e. The van der Waals surface area contributed by atoms with Crippen molar-refractivity contribution in [1.82, 2.24) is 15.2 Å². The van der Waals surface area contributed by atoms with Crippen molar-refractivity contribution in [2.75, 3.05) is 6.54 Å². The number of hydrogen-bond acceptors (Lipinski definition) is 3. The Morgan fingerprint density at radius 2 is 2.36 bits per heavy atom. The van der Waals surface area contributed by atoms with Crippen LogP contribution in [0.4, 0.5) is 0 Å². The summed E-state index contributed by atoms with van der Waals surface area (Å²) in [6, 6.07) is 0. The van der Waals surface area contributed by atoms with E-state index in [2.05, 4.69) is 15.2 Å². The van der Waals surface area contributed by atoms with E-state index in [1.54, 1.807) is 0 Å². The first kappa shape index (κ1) is 6.60. The number of H-pyrrole nitrogens is 2. The van der Waals surface area contributed by atoms with Gasteiger partial charge in [0.2, 0.25) is 0 Å². The molecule has 4 N–H and O–H groups in total. The monoisotopic (exact) mass is 154 g/mol. The molecule has 5 nitrogen and oxygen atoms in total. The molecule has 60 valence electrons. The van der Waals surface area contributed by atoms with Gasteiger partial charge in [-0.05, 0) is 12.8 Å². The molecule has 0 saturated heterocycles. The van der Waals surface area contributed by atoms with Crippen LogP contribution in [0, 0.1) is 0 Å². The minimum absolute atomic E-state index is 0.0147. The van der Waals surface area contributed by atoms with Gasteiger partial charge < -0.3 is 5.73 Å². The van der Waals surface area contributed by atoms with Crippen LogP contribution in [0.25, 0.3) is 0 Å². The van der Waals surface area contributed by atoms with Crippen molar-refractivity contribution in [3.05, 3.63) is 16.3 Å². The van der Waals surface area contributed by atoms with Gasteiger partial charge in [0.05, 0.1) is 0 Å². The summed E-state index contributed by atoms with van der Waals surface area (Å²) < 4.78 is 0. The molecule has 1 heterocycles. The molecule has 2 rings (SSSR count). The van der Waals surface area contributed by atoms with E-state index in [-0.39, 0.29) is 11.1 Å². The van der Waals surface area contributed by atoms with E-state index >= 15 is 0 Å². The van der Waals surface area contributed by atoms with Crippen LogP contribution in [0.5, 0.6) is 0 Å². The summed E-state index contributed by atoms with van der Waals surface area (Å²) in [5, 5.41) is 6.18. The highest BCUT2D eigenvalue weighted by molar-refractivity contribution is 5.17. The Labute approximate surface area is 63.0 Å². The highest BCUT2D eigenvalue weighted by Crippen LogP contribution is 2.44. The van der Waals surface area contributed by atoms with E-state index in [4.69, 9.17) is 5.73 Å². The van der Waals surface area contributed by atoms with E-state index in [0.29, 0.717) is 12.4 Å². The van der Waals surface area contributed by atoms with Gasteiger partial charge in [0.25, 0.3) is 0 Å². The first-order chi connectivity index (χ1) is 5.27. The number of rotatable bonds is 2. The quantitative estimate of drug-likeness (QED) is 0.515. The Hall–Kier alpha value is -1.10. The molecule has 1 aliphatic carbocycles. The standard InChI is InChI=1S/C6H10N4O/c7-3-6(1-2-6)4-8-5(11)10-9-4/h1-3,7H2,(H2,8,9,10,11). The summed E-state index contributed by atoms with van der Waals surface area (Å²) in [6.07, 6.45) is 2.06. The Kier molecular flexibility index (Phi) is 1.17. The first-order valence-corrected chi connectivity index (χ1v) is 3.62. The van der Waals surface area contributed by atoms with Crippen molar-refractivity contribution in [3.8, 4) is 0 Å². The van der Waals surface area contributed by atoms with Crippen molar-refractivity contribution in [2.45, 2.75) is 18.3 Å². The van der Waals surface area contributed by atoms with Gasteiger partial charge in [-0.1, -0.05) is 0 Å². The van der Waals surface area contributed by atoms with Crippen LogP contribution in [0.15, 0.2) is 4.79 Å².